The third-order valence-electron chi connectivity index (χ3n) is 3.78. The van der Waals surface area contributed by atoms with Gasteiger partial charge in [0.25, 0.3) is 5.91 Å². The maximum absolute atomic E-state index is 14.8. The summed E-state index contributed by atoms with van der Waals surface area (Å²) in [5.41, 5.74) is -0.0363. The molecular weight excluding hydrogens is 378 g/mol. The predicted molar refractivity (Wildman–Crippen MR) is 96.1 cm³/mol. The number of benzene rings is 2. The van der Waals surface area contributed by atoms with E-state index < -0.39 is 27.9 Å². The van der Waals surface area contributed by atoms with Gasteiger partial charge >= 0.3 is 5.92 Å². The summed E-state index contributed by atoms with van der Waals surface area (Å²) in [5.74, 6) is -5.14. The molecule has 1 atom stereocenters. The van der Waals surface area contributed by atoms with Crippen LogP contribution in [0.1, 0.15) is 18.5 Å². The molecule has 1 unspecified atom stereocenters. The molecule has 2 aromatic carbocycles. The lowest BCUT2D eigenvalue weighted by Gasteiger charge is -2.27. The summed E-state index contributed by atoms with van der Waals surface area (Å²) in [4.78, 5) is 11.6. The van der Waals surface area contributed by atoms with Crippen LogP contribution in [0.25, 0.3) is 0 Å². The van der Waals surface area contributed by atoms with Gasteiger partial charge in [0, 0.05) is 6.54 Å². The molecule has 0 aliphatic rings. The first-order valence-corrected chi connectivity index (χ1v) is 9.58. The summed E-state index contributed by atoms with van der Waals surface area (Å²) >= 11 is 0. The van der Waals surface area contributed by atoms with Crippen molar-refractivity contribution < 1.29 is 26.7 Å². The highest BCUT2D eigenvalue weighted by molar-refractivity contribution is 7.89. The third-order valence-corrected chi connectivity index (χ3v) is 5.22. The van der Waals surface area contributed by atoms with E-state index in [9.17, 15) is 22.0 Å². The fourth-order valence-electron chi connectivity index (χ4n) is 2.38. The fraction of sp³-hybridized carbons (Fsp3) is 0.278. The van der Waals surface area contributed by atoms with Crippen LogP contribution in [0.4, 0.5) is 8.78 Å². The average Bonchev–Trinajstić information content (AvgIpc) is 2.67. The topological polar surface area (TPSA) is 84.5 Å². The maximum Gasteiger partial charge on any atom is 0.344 e. The van der Waals surface area contributed by atoms with Crippen LogP contribution in [0.2, 0.25) is 0 Å². The van der Waals surface area contributed by atoms with Crippen molar-refractivity contribution in [3.05, 3.63) is 60.2 Å². The van der Waals surface area contributed by atoms with E-state index in [1.54, 1.807) is 6.07 Å². The van der Waals surface area contributed by atoms with Crippen LogP contribution in [-0.2, 0) is 14.8 Å². The van der Waals surface area contributed by atoms with Gasteiger partial charge in [0.15, 0.2) is 0 Å². The van der Waals surface area contributed by atoms with Gasteiger partial charge in [-0.3, -0.25) is 4.79 Å². The molecule has 0 fully saturated rings. The average molecular weight is 398 g/mol. The Labute approximate surface area is 156 Å². The summed E-state index contributed by atoms with van der Waals surface area (Å²) in [5, 5.41) is 2.04. The number of hydrogen-bond acceptors (Lipinski definition) is 4. The van der Waals surface area contributed by atoms with Crippen LogP contribution >= 0.6 is 0 Å². The quantitative estimate of drug-likeness (QED) is 0.716. The van der Waals surface area contributed by atoms with Crippen molar-refractivity contribution in [3.8, 4) is 5.75 Å². The number of amides is 1. The number of methoxy groups -OCH3 is 1. The molecule has 0 saturated carbocycles. The van der Waals surface area contributed by atoms with E-state index in [0.29, 0.717) is 5.75 Å². The van der Waals surface area contributed by atoms with E-state index in [0.717, 1.165) is 0 Å². The number of rotatable bonds is 8. The van der Waals surface area contributed by atoms with Gasteiger partial charge in [0.1, 0.15) is 11.8 Å². The van der Waals surface area contributed by atoms with Crippen LogP contribution in [0.15, 0.2) is 59.5 Å². The van der Waals surface area contributed by atoms with Crippen molar-refractivity contribution >= 4 is 15.9 Å². The Hall–Kier alpha value is -2.52. The molecule has 0 spiro atoms. The van der Waals surface area contributed by atoms with Crippen molar-refractivity contribution in [1.29, 1.82) is 0 Å². The van der Waals surface area contributed by atoms with Crippen molar-refractivity contribution in [2.45, 2.75) is 23.8 Å². The number of halogens is 2. The SMILES string of the molecule is CCNC(=O)C(F)(F)C(NS(=O)(=O)c1ccc(OC)cc1)c1ccccc1. The highest BCUT2D eigenvalue weighted by Crippen LogP contribution is 2.33. The van der Waals surface area contributed by atoms with Crippen LogP contribution in [0.3, 0.4) is 0 Å². The second-order valence-corrected chi connectivity index (χ2v) is 7.34. The summed E-state index contributed by atoms with van der Waals surface area (Å²) in [6.07, 6.45) is 0. The summed E-state index contributed by atoms with van der Waals surface area (Å²) in [6, 6.07) is 10.4. The fourth-order valence-corrected chi connectivity index (χ4v) is 3.61. The van der Waals surface area contributed by atoms with E-state index >= 15 is 0 Å². The number of hydrogen-bond donors (Lipinski definition) is 2. The Balaban J connectivity index is 2.43. The van der Waals surface area contributed by atoms with Gasteiger partial charge in [0.2, 0.25) is 10.0 Å². The monoisotopic (exact) mass is 398 g/mol. The number of alkyl halides is 2. The molecule has 6 nitrogen and oxygen atoms in total. The Bertz CT molecular complexity index is 872. The minimum Gasteiger partial charge on any atom is -0.497 e. The molecule has 0 aliphatic carbocycles. The van der Waals surface area contributed by atoms with Gasteiger partial charge in [-0.25, -0.2) is 8.42 Å². The zero-order chi connectivity index (χ0) is 20.1. The molecule has 2 rings (SSSR count). The van der Waals surface area contributed by atoms with Gasteiger partial charge in [0.05, 0.1) is 12.0 Å². The van der Waals surface area contributed by atoms with Crippen LogP contribution in [-0.4, -0.2) is 33.9 Å². The van der Waals surface area contributed by atoms with Crippen molar-refractivity contribution in [2.75, 3.05) is 13.7 Å². The molecule has 0 saturated heterocycles. The number of nitrogens with one attached hydrogen (secondary N) is 2. The maximum atomic E-state index is 14.8. The molecule has 9 heteroatoms. The molecule has 146 valence electrons. The predicted octanol–water partition coefficient (Wildman–Crippen LogP) is 2.49. The molecule has 27 heavy (non-hydrogen) atoms. The van der Waals surface area contributed by atoms with Crippen molar-refractivity contribution in [2.24, 2.45) is 0 Å². The highest BCUT2D eigenvalue weighted by Gasteiger charge is 2.49. The molecule has 0 aromatic heterocycles. The second-order valence-electron chi connectivity index (χ2n) is 5.62. The Morgan fingerprint density at radius 3 is 2.22 bits per heavy atom. The van der Waals surface area contributed by atoms with Gasteiger partial charge in [-0.15, -0.1) is 0 Å². The Morgan fingerprint density at radius 1 is 1.11 bits per heavy atom. The lowest BCUT2D eigenvalue weighted by Crippen LogP contribution is -2.50. The molecule has 0 aliphatic heterocycles. The van der Waals surface area contributed by atoms with E-state index in [2.05, 4.69) is 0 Å². The van der Waals surface area contributed by atoms with Gasteiger partial charge < -0.3 is 10.1 Å². The molecular formula is C18H20F2N2O4S. The minimum atomic E-state index is -4.33. The van der Waals surface area contributed by atoms with Gasteiger partial charge in [-0.2, -0.15) is 13.5 Å². The molecule has 2 aromatic rings. The summed E-state index contributed by atoms with van der Waals surface area (Å²) in [6.45, 7) is 1.48. The molecule has 0 bridgehead atoms. The first-order chi connectivity index (χ1) is 12.7. The minimum absolute atomic E-state index is 0.0127. The van der Waals surface area contributed by atoms with Crippen LogP contribution in [0.5, 0.6) is 5.75 Å². The van der Waals surface area contributed by atoms with Crippen LogP contribution in [0, 0.1) is 0 Å². The van der Waals surface area contributed by atoms with E-state index in [1.807, 2.05) is 10.0 Å². The van der Waals surface area contributed by atoms with Crippen molar-refractivity contribution in [3.63, 3.8) is 0 Å². The highest BCUT2D eigenvalue weighted by atomic mass is 32.2. The lowest BCUT2D eigenvalue weighted by atomic mass is 10.0. The van der Waals surface area contributed by atoms with E-state index in [-0.39, 0.29) is 17.0 Å². The van der Waals surface area contributed by atoms with Gasteiger partial charge in [-0.05, 0) is 36.8 Å². The lowest BCUT2D eigenvalue weighted by molar-refractivity contribution is -0.149. The van der Waals surface area contributed by atoms with Gasteiger partial charge in [-0.1, -0.05) is 30.3 Å². The first-order valence-electron chi connectivity index (χ1n) is 8.09. The number of ether oxygens (including phenoxy) is 1. The van der Waals surface area contributed by atoms with E-state index in [4.69, 9.17) is 4.74 Å². The Morgan fingerprint density at radius 2 is 1.70 bits per heavy atom. The molecule has 0 heterocycles. The number of carbonyl (C=O) groups is 1. The standard InChI is InChI=1S/C18H20F2N2O4S/c1-3-21-17(23)18(19,20)16(13-7-5-4-6-8-13)22-27(24,25)15-11-9-14(26-2)10-12-15/h4-12,16,22H,3H2,1-2H3,(H,21,23). The second kappa shape index (κ2) is 8.45. The van der Waals surface area contributed by atoms with Crippen LogP contribution < -0.4 is 14.8 Å². The van der Waals surface area contributed by atoms with Crippen molar-refractivity contribution in [1.82, 2.24) is 10.0 Å². The van der Waals surface area contributed by atoms with E-state index in [1.165, 1.54) is 62.6 Å². The normalized spacial score (nSPS) is 13.0. The number of sulfonamides is 1. The molecule has 0 radical (unpaired) electrons. The third kappa shape index (κ3) is 4.81. The largest absolute Gasteiger partial charge is 0.497 e. The first kappa shape index (κ1) is 20.8. The Kier molecular flexibility index (Phi) is 6.50. The zero-order valence-corrected chi connectivity index (χ0v) is 15.6. The molecule has 1 amide bonds. The summed E-state index contributed by atoms with van der Waals surface area (Å²) < 4.78 is 61.7. The summed E-state index contributed by atoms with van der Waals surface area (Å²) in [7, 11) is -2.91. The smallest absolute Gasteiger partial charge is 0.344 e. The molecule has 2 N–H and O–H groups in total. The zero-order valence-electron chi connectivity index (χ0n) is 14.8. The number of carbonyl (C=O) groups excluding carboxylic acids is 1.